The summed E-state index contributed by atoms with van der Waals surface area (Å²) in [4.78, 5) is 11.8. The van der Waals surface area contributed by atoms with E-state index < -0.39 is 0 Å². The first-order valence-electron chi connectivity index (χ1n) is 7.64. The summed E-state index contributed by atoms with van der Waals surface area (Å²) < 4.78 is 15.9. The van der Waals surface area contributed by atoms with Gasteiger partial charge in [-0.15, -0.1) is 12.4 Å². The predicted octanol–water partition coefficient (Wildman–Crippen LogP) is 1.16. The van der Waals surface area contributed by atoms with Gasteiger partial charge in [0.05, 0.1) is 6.61 Å². The molecule has 0 saturated heterocycles. The standard InChI is InChI=1S/C16H24N2O4.ClH/c1-20-9-8-17-6-7-18-16(19)5-3-13-2-4-14-15(12-13)22-11-10-21-14;/h2,4,12,17H,3,5-11H2,1H3,(H,18,19);1H. The Hall–Kier alpha value is -1.50. The summed E-state index contributed by atoms with van der Waals surface area (Å²) in [7, 11) is 1.67. The number of ether oxygens (including phenoxy) is 3. The summed E-state index contributed by atoms with van der Waals surface area (Å²) in [6.45, 7) is 4.02. The molecule has 1 heterocycles. The van der Waals surface area contributed by atoms with Crippen molar-refractivity contribution in [2.24, 2.45) is 0 Å². The zero-order valence-electron chi connectivity index (χ0n) is 13.4. The maximum absolute atomic E-state index is 11.8. The number of hydrogen-bond donors (Lipinski definition) is 2. The summed E-state index contributed by atoms with van der Waals surface area (Å²) >= 11 is 0. The molecule has 1 aromatic rings. The molecule has 130 valence electrons. The molecule has 0 bridgehead atoms. The van der Waals surface area contributed by atoms with Crippen LogP contribution >= 0.6 is 12.4 Å². The SMILES string of the molecule is COCCNCCNC(=O)CCc1ccc2c(c1)OCCO2.Cl. The number of aryl methyl sites for hydroxylation is 1. The molecule has 1 amide bonds. The maximum Gasteiger partial charge on any atom is 0.220 e. The fourth-order valence-electron chi connectivity index (χ4n) is 2.18. The van der Waals surface area contributed by atoms with Crippen molar-refractivity contribution >= 4 is 18.3 Å². The van der Waals surface area contributed by atoms with Crippen molar-refractivity contribution in [2.75, 3.05) is 46.6 Å². The van der Waals surface area contributed by atoms with Crippen LogP contribution in [0.15, 0.2) is 18.2 Å². The minimum atomic E-state index is 0. The summed E-state index contributed by atoms with van der Waals surface area (Å²) in [5.41, 5.74) is 1.08. The minimum Gasteiger partial charge on any atom is -0.486 e. The third-order valence-corrected chi connectivity index (χ3v) is 3.35. The van der Waals surface area contributed by atoms with E-state index in [-0.39, 0.29) is 18.3 Å². The highest BCUT2D eigenvalue weighted by Crippen LogP contribution is 2.30. The molecule has 0 atom stereocenters. The van der Waals surface area contributed by atoms with E-state index in [4.69, 9.17) is 14.2 Å². The number of hydrogen-bond acceptors (Lipinski definition) is 5. The number of amides is 1. The van der Waals surface area contributed by atoms with Crippen molar-refractivity contribution in [1.29, 1.82) is 0 Å². The molecule has 1 aliphatic rings. The van der Waals surface area contributed by atoms with Gasteiger partial charge in [0.15, 0.2) is 11.5 Å². The van der Waals surface area contributed by atoms with E-state index in [1.54, 1.807) is 7.11 Å². The van der Waals surface area contributed by atoms with Crippen LogP contribution in [-0.4, -0.2) is 52.5 Å². The van der Waals surface area contributed by atoms with Gasteiger partial charge in [0.1, 0.15) is 13.2 Å². The summed E-state index contributed by atoms with van der Waals surface area (Å²) in [5, 5.41) is 6.07. The summed E-state index contributed by atoms with van der Waals surface area (Å²) in [6, 6.07) is 5.84. The maximum atomic E-state index is 11.8. The van der Waals surface area contributed by atoms with Gasteiger partial charge in [0, 0.05) is 33.2 Å². The van der Waals surface area contributed by atoms with E-state index >= 15 is 0 Å². The van der Waals surface area contributed by atoms with Crippen molar-refractivity contribution < 1.29 is 19.0 Å². The molecule has 0 aliphatic carbocycles. The first kappa shape index (κ1) is 19.5. The first-order valence-corrected chi connectivity index (χ1v) is 7.64. The molecule has 0 spiro atoms. The Kier molecular flexibility index (Phi) is 9.43. The summed E-state index contributed by atoms with van der Waals surface area (Å²) in [6.07, 6.45) is 1.16. The highest BCUT2D eigenvalue weighted by atomic mass is 35.5. The molecule has 7 heteroatoms. The van der Waals surface area contributed by atoms with Gasteiger partial charge in [0.25, 0.3) is 0 Å². The molecule has 0 aromatic heterocycles. The molecular weight excluding hydrogens is 320 g/mol. The topological polar surface area (TPSA) is 68.8 Å². The van der Waals surface area contributed by atoms with E-state index in [0.29, 0.717) is 39.2 Å². The quantitative estimate of drug-likeness (QED) is 0.658. The molecule has 23 heavy (non-hydrogen) atoms. The number of carbonyl (C=O) groups excluding carboxylic acids is 1. The fourth-order valence-corrected chi connectivity index (χ4v) is 2.18. The Bertz CT molecular complexity index is 485. The van der Waals surface area contributed by atoms with E-state index in [0.717, 1.165) is 30.2 Å². The minimum absolute atomic E-state index is 0. The van der Waals surface area contributed by atoms with Crippen molar-refractivity contribution in [2.45, 2.75) is 12.8 Å². The average Bonchev–Trinajstić information content (AvgIpc) is 2.56. The summed E-state index contributed by atoms with van der Waals surface area (Å²) in [5.74, 6) is 1.61. The second-order valence-corrected chi connectivity index (χ2v) is 5.07. The van der Waals surface area contributed by atoms with Gasteiger partial charge >= 0.3 is 0 Å². The Labute approximate surface area is 143 Å². The van der Waals surface area contributed by atoms with E-state index in [1.165, 1.54) is 0 Å². The van der Waals surface area contributed by atoms with Crippen LogP contribution in [-0.2, 0) is 16.0 Å². The lowest BCUT2D eigenvalue weighted by atomic mass is 10.1. The normalized spacial score (nSPS) is 12.4. The van der Waals surface area contributed by atoms with Crippen molar-refractivity contribution in [3.63, 3.8) is 0 Å². The van der Waals surface area contributed by atoms with Crippen LogP contribution in [0.3, 0.4) is 0 Å². The van der Waals surface area contributed by atoms with Gasteiger partial charge < -0.3 is 24.8 Å². The zero-order chi connectivity index (χ0) is 15.6. The van der Waals surface area contributed by atoms with Crippen LogP contribution in [0.4, 0.5) is 0 Å². The molecule has 6 nitrogen and oxygen atoms in total. The van der Waals surface area contributed by atoms with Gasteiger partial charge in [-0.1, -0.05) is 6.07 Å². The largest absolute Gasteiger partial charge is 0.486 e. The number of carbonyl (C=O) groups is 1. The van der Waals surface area contributed by atoms with Gasteiger partial charge in [-0.3, -0.25) is 4.79 Å². The zero-order valence-corrected chi connectivity index (χ0v) is 14.2. The van der Waals surface area contributed by atoms with Crippen molar-refractivity contribution in [3.05, 3.63) is 23.8 Å². The van der Waals surface area contributed by atoms with Gasteiger partial charge in [-0.25, -0.2) is 0 Å². The molecule has 1 aromatic carbocycles. The molecular formula is C16H25ClN2O4. The van der Waals surface area contributed by atoms with Gasteiger partial charge in [0.2, 0.25) is 5.91 Å². The number of rotatable bonds is 9. The third kappa shape index (κ3) is 7.07. The second-order valence-electron chi connectivity index (χ2n) is 5.07. The molecule has 0 saturated carbocycles. The van der Waals surface area contributed by atoms with E-state index in [1.807, 2.05) is 18.2 Å². The van der Waals surface area contributed by atoms with Crippen LogP contribution in [0.25, 0.3) is 0 Å². The average molecular weight is 345 g/mol. The monoisotopic (exact) mass is 344 g/mol. The lowest BCUT2D eigenvalue weighted by molar-refractivity contribution is -0.121. The molecule has 0 unspecified atom stereocenters. The van der Waals surface area contributed by atoms with Gasteiger partial charge in [-0.05, 0) is 24.1 Å². The number of methoxy groups -OCH3 is 1. The fraction of sp³-hybridized carbons (Fsp3) is 0.562. The Morgan fingerprint density at radius 1 is 1.17 bits per heavy atom. The van der Waals surface area contributed by atoms with Crippen LogP contribution in [0, 0.1) is 0 Å². The van der Waals surface area contributed by atoms with Crippen LogP contribution in [0.2, 0.25) is 0 Å². The van der Waals surface area contributed by atoms with Crippen LogP contribution in [0.1, 0.15) is 12.0 Å². The van der Waals surface area contributed by atoms with Crippen LogP contribution in [0.5, 0.6) is 11.5 Å². The molecule has 1 aliphatic heterocycles. The highest BCUT2D eigenvalue weighted by molar-refractivity contribution is 5.85. The lowest BCUT2D eigenvalue weighted by Gasteiger charge is -2.18. The number of nitrogens with one attached hydrogen (secondary N) is 2. The predicted molar refractivity (Wildman–Crippen MR) is 90.8 cm³/mol. The smallest absolute Gasteiger partial charge is 0.220 e. The lowest BCUT2D eigenvalue weighted by Crippen LogP contribution is -2.33. The Morgan fingerprint density at radius 3 is 2.74 bits per heavy atom. The van der Waals surface area contributed by atoms with Crippen molar-refractivity contribution in [3.8, 4) is 11.5 Å². The van der Waals surface area contributed by atoms with E-state index in [2.05, 4.69) is 10.6 Å². The Morgan fingerprint density at radius 2 is 1.96 bits per heavy atom. The van der Waals surface area contributed by atoms with Crippen molar-refractivity contribution in [1.82, 2.24) is 10.6 Å². The molecule has 2 rings (SSSR count). The molecule has 2 N–H and O–H groups in total. The highest BCUT2D eigenvalue weighted by Gasteiger charge is 2.12. The van der Waals surface area contributed by atoms with Crippen LogP contribution < -0.4 is 20.1 Å². The Balaban J connectivity index is 0.00000264. The first-order chi connectivity index (χ1) is 10.8. The number of benzene rings is 1. The second kappa shape index (κ2) is 11.1. The third-order valence-electron chi connectivity index (χ3n) is 3.35. The number of halogens is 1. The molecule has 0 radical (unpaired) electrons. The van der Waals surface area contributed by atoms with E-state index in [9.17, 15) is 4.79 Å². The van der Waals surface area contributed by atoms with Gasteiger partial charge in [-0.2, -0.15) is 0 Å². The molecule has 0 fully saturated rings. The number of fused-ring (bicyclic) bond motifs is 1.